The zero-order chi connectivity index (χ0) is 20.4. The van der Waals surface area contributed by atoms with E-state index in [0.717, 1.165) is 12.0 Å². The summed E-state index contributed by atoms with van der Waals surface area (Å²) in [7, 11) is -5.68. The minimum absolute atomic E-state index is 0.312. The molecule has 0 radical (unpaired) electrons. The molecule has 10 heteroatoms. The molecule has 1 aliphatic carbocycles. The number of hydrogen-bond acceptors (Lipinski definition) is 4. The van der Waals surface area contributed by atoms with E-state index in [4.69, 9.17) is 4.74 Å². The maximum Gasteiger partial charge on any atom is 0.511 e. The minimum atomic E-state index is -5.68. The molecule has 0 aromatic heterocycles. The predicted molar refractivity (Wildman–Crippen MR) is 96.3 cm³/mol. The molecule has 2 aliphatic heterocycles. The molecule has 1 saturated heterocycles. The molecule has 0 N–H and O–H groups in total. The van der Waals surface area contributed by atoms with Crippen molar-refractivity contribution in [1.82, 2.24) is 4.31 Å². The summed E-state index contributed by atoms with van der Waals surface area (Å²) in [6.45, 7) is 5.68. The molecule has 2 fully saturated rings. The van der Waals surface area contributed by atoms with Crippen molar-refractivity contribution < 1.29 is 31.1 Å². The highest BCUT2D eigenvalue weighted by molar-refractivity contribution is 9.09. The van der Waals surface area contributed by atoms with Crippen molar-refractivity contribution in [3.05, 3.63) is 11.6 Å². The Morgan fingerprint density at radius 1 is 1.19 bits per heavy atom. The number of carbonyl (C=O) groups excluding carboxylic acids is 1. The van der Waals surface area contributed by atoms with Gasteiger partial charge in [-0.25, -0.2) is 8.42 Å². The number of sulfonamides is 1. The Hall–Kier alpha value is -0.610. The van der Waals surface area contributed by atoms with Crippen LogP contribution >= 0.6 is 15.9 Å². The van der Waals surface area contributed by atoms with Crippen LogP contribution in [0.4, 0.5) is 13.2 Å². The third-order valence-corrected chi connectivity index (χ3v) is 8.37. The van der Waals surface area contributed by atoms with Crippen molar-refractivity contribution in [1.29, 1.82) is 0 Å². The molecule has 2 heterocycles. The topological polar surface area (TPSA) is 63.7 Å². The van der Waals surface area contributed by atoms with Gasteiger partial charge in [-0.2, -0.15) is 13.2 Å². The van der Waals surface area contributed by atoms with E-state index < -0.39 is 49.4 Å². The molecule has 0 unspecified atom stereocenters. The van der Waals surface area contributed by atoms with Crippen LogP contribution in [0.2, 0.25) is 0 Å². The smallest absolute Gasteiger partial charge is 0.441 e. The second-order valence-electron chi connectivity index (χ2n) is 8.51. The molecular weight excluding hydrogens is 451 g/mol. The van der Waals surface area contributed by atoms with E-state index in [0.29, 0.717) is 30.0 Å². The van der Waals surface area contributed by atoms with Gasteiger partial charge in [-0.1, -0.05) is 56.0 Å². The summed E-state index contributed by atoms with van der Waals surface area (Å²) < 4.78 is 70.8. The number of rotatable bonds is 1. The molecule has 1 saturated carbocycles. The van der Waals surface area contributed by atoms with Crippen LogP contribution in [0.1, 0.15) is 52.9 Å². The van der Waals surface area contributed by atoms with E-state index >= 15 is 0 Å². The van der Waals surface area contributed by atoms with E-state index in [1.54, 1.807) is 0 Å². The summed E-state index contributed by atoms with van der Waals surface area (Å²) >= 11 is 3.47. The standard InChI is InChI=1S/C17H23BrF3NO4S/c1-15(2,3)10-9-11-22(27(24,25)17(19,20)21)13(12(10)18)16(14(23)26-11)7-5-4-6-8-16/h9,11-13H,4-8H2,1-3H3/t11-,12-,13-/m1/s1. The number of halogens is 4. The van der Waals surface area contributed by atoms with Gasteiger partial charge >= 0.3 is 21.5 Å². The van der Waals surface area contributed by atoms with Gasteiger partial charge in [-0.15, -0.1) is 4.31 Å². The Morgan fingerprint density at radius 2 is 1.74 bits per heavy atom. The van der Waals surface area contributed by atoms with E-state index in [9.17, 15) is 26.4 Å². The maximum absolute atomic E-state index is 13.4. The van der Waals surface area contributed by atoms with Gasteiger partial charge in [0.2, 0.25) is 0 Å². The van der Waals surface area contributed by atoms with Gasteiger partial charge in [-0.3, -0.25) is 4.79 Å². The summed E-state index contributed by atoms with van der Waals surface area (Å²) in [4.78, 5) is 12.1. The average Bonchev–Trinajstić information content (AvgIpc) is 2.53. The second-order valence-corrected chi connectivity index (χ2v) is 11.3. The first-order chi connectivity index (χ1) is 12.2. The van der Waals surface area contributed by atoms with Crippen LogP contribution < -0.4 is 0 Å². The van der Waals surface area contributed by atoms with Crippen LogP contribution in [0.3, 0.4) is 0 Å². The van der Waals surface area contributed by atoms with Gasteiger partial charge in [0.05, 0.1) is 16.3 Å². The summed E-state index contributed by atoms with van der Waals surface area (Å²) in [5, 5.41) is 0. The molecular formula is C17H23BrF3NO4S. The third-order valence-electron chi connectivity index (χ3n) is 5.80. The highest BCUT2D eigenvalue weighted by Crippen LogP contribution is 2.55. The molecule has 1 spiro atoms. The Labute approximate surface area is 165 Å². The van der Waals surface area contributed by atoms with Crippen LogP contribution in [-0.4, -0.2) is 41.3 Å². The lowest BCUT2D eigenvalue weighted by atomic mass is 9.64. The lowest BCUT2D eigenvalue weighted by molar-refractivity contribution is -0.191. The zero-order valence-electron chi connectivity index (χ0n) is 15.3. The van der Waals surface area contributed by atoms with Crippen molar-refractivity contribution >= 4 is 31.9 Å². The Kier molecular flexibility index (Phi) is 5.04. The first-order valence-electron chi connectivity index (χ1n) is 8.91. The molecule has 0 aromatic carbocycles. The number of esters is 1. The lowest BCUT2D eigenvalue weighted by Crippen LogP contribution is -2.70. The molecule has 3 rings (SSSR count). The monoisotopic (exact) mass is 473 g/mol. The largest absolute Gasteiger partial charge is 0.511 e. The SMILES string of the molecule is CC(C)(C)C1=C[C@H]2OC(=O)C3(CCCCC3)[C@@H]([C@@H]1Br)N2S(=O)(=O)C(F)(F)F. The summed E-state index contributed by atoms with van der Waals surface area (Å²) in [5.74, 6) is -0.598. The van der Waals surface area contributed by atoms with Crippen LogP contribution in [0.25, 0.3) is 0 Å². The first-order valence-corrected chi connectivity index (χ1v) is 11.3. The Balaban J connectivity index is 2.23. The summed E-state index contributed by atoms with van der Waals surface area (Å²) in [5.41, 5.74) is -6.43. The Morgan fingerprint density at radius 3 is 2.22 bits per heavy atom. The van der Waals surface area contributed by atoms with Gasteiger partial charge in [0.15, 0.2) is 6.23 Å². The molecule has 27 heavy (non-hydrogen) atoms. The van der Waals surface area contributed by atoms with E-state index in [1.807, 2.05) is 20.8 Å². The fourth-order valence-corrected chi connectivity index (χ4v) is 7.48. The molecule has 3 aliphatic rings. The van der Waals surface area contributed by atoms with Gasteiger partial charge in [-0.05, 0) is 29.9 Å². The molecule has 154 valence electrons. The fraction of sp³-hybridized carbons (Fsp3) is 0.824. The number of carbonyl (C=O) groups is 1. The van der Waals surface area contributed by atoms with E-state index in [1.165, 1.54) is 6.08 Å². The number of fused-ring (bicyclic) bond motifs is 3. The maximum atomic E-state index is 13.4. The minimum Gasteiger partial charge on any atom is -0.441 e. The summed E-state index contributed by atoms with van der Waals surface area (Å²) in [6, 6.07) is -1.17. The van der Waals surface area contributed by atoms with Crippen molar-refractivity contribution in [2.45, 2.75) is 75.5 Å². The van der Waals surface area contributed by atoms with Crippen molar-refractivity contribution in [3.8, 4) is 0 Å². The molecule has 0 aromatic rings. The second kappa shape index (κ2) is 6.45. The molecule has 0 amide bonds. The van der Waals surface area contributed by atoms with Crippen LogP contribution in [0.15, 0.2) is 11.6 Å². The van der Waals surface area contributed by atoms with E-state index in [2.05, 4.69) is 15.9 Å². The van der Waals surface area contributed by atoms with E-state index in [-0.39, 0.29) is 0 Å². The van der Waals surface area contributed by atoms with Gasteiger partial charge in [0.1, 0.15) is 0 Å². The van der Waals surface area contributed by atoms with Gasteiger partial charge in [0, 0.05) is 0 Å². The Bertz CT molecular complexity index is 766. The number of ether oxygens (including phenoxy) is 1. The zero-order valence-corrected chi connectivity index (χ0v) is 17.7. The average molecular weight is 474 g/mol. The van der Waals surface area contributed by atoms with Crippen LogP contribution in [-0.2, 0) is 19.6 Å². The van der Waals surface area contributed by atoms with Crippen LogP contribution in [0, 0.1) is 10.8 Å². The molecule has 3 atom stereocenters. The highest BCUT2D eigenvalue weighted by Gasteiger charge is 2.67. The quantitative estimate of drug-likeness (QED) is 0.326. The van der Waals surface area contributed by atoms with Gasteiger partial charge in [0.25, 0.3) is 0 Å². The fourth-order valence-electron chi connectivity index (χ4n) is 4.49. The first kappa shape index (κ1) is 21.1. The van der Waals surface area contributed by atoms with Crippen molar-refractivity contribution in [2.24, 2.45) is 10.8 Å². The number of hydrogen-bond donors (Lipinski definition) is 0. The van der Waals surface area contributed by atoms with Gasteiger partial charge < -0.3 is 4.74 Å². The van der Waals surface area contributed by atoms with Crippen LogP contribution in [0.5, 0.6) is 0 Å². The lowest BCUT2D eigenvalue weighted by Gasteiger charge is -2.56. The third kappa shape index (κ3) is 3.15. The molecule has 2 bridgehead atoms. The summed E-state index contributed by atoms with van der Waals surface area (Å²) in [6.07, 6.45) is 2.53. The van der Waals surface area contributed by atoms with Crippen molar-refractivity contribution in [2.75, 3.05) is 0 Å². The normalized spacial score (nSPS) is 32.2. The van der Waals surface area contributed by atoms with Crippen molar-refractivity contribution in [3.63, 3.8) is 0 Å². The predicted octanol–water partition coefficient (Wildman–Crippen LogP) is 4.09. The number of alkyl halides is 4. The number of nitrogens with zero attached hydrogens (tertiary/aromatic N) is 1. The molecule has 5 nitrogen and oxygen atoms in total. The highest BCUT2D eigenvalue weighted by atomic mass is 79.9.